The summed E-state index contributed by atoms with van der Waals surface area (Å²) in [6.45, 7) is 2.40. The van der Waals surface area contributed by atoms with E-state index < -0.39 is 0 Å². The number of nitrogens with zero attached hydrogens (tertiary/aromatic N) is 1. The third kappa shape index (κ3) is 4.83. The van der Waals surface area contributed by atoms with Crippen molar-refractivity contribution < 1.29 is 14.3 Å². The Morgan fingerprint density at radius 3 is 2.46 bits per heavy atom. The van der Waals surface area contributed by atoms with E-state index in [4.69, 9.17) is 9.47 Å². The minimum atomic E-state index is -0.189. The molecule has 0 saturated heterocycles. The number of nitrogens with one attached hydrogen (secondary N) is 1. The largest absolute Gasteiger partial charge is 0.497 e. The van der Waals surface area contributed by atoms with Crippen LogP contribution in [0.3, 0.4) is 0 Å². The molecule has 0 atom stereocenters. The Morgan fingerprint density at radius 1 is 1.08 bits per heavy atom. The molecule has 1 amide bonds. The van der Waals surface area contributed by atoms with Crippen LogP contribution in [-0.2, 0) is 11.3 Å². The van der Waals surface area contributed by atoms with Gasteiger partial charge in [-0.3, -0.25) is 4.79 Å². The van der Waals surface area contributed by atoms with Gasteiger partial charge in [0.25, 0.3) is 5.91 Å². The van der Waals surface area contributed by atoms with Crippen molar-refractivity contribution in [3.8, 4) is 22.1 Å². The van der Waals surface area contributed by atoms with Crippen molar-refractivity contribution in [2.75, 3.05) is 13.7 Å². The van der Waals surface area contributed by atoms with E-state index in [2.05, 4.69) is 41.5 Å². The Bertz CT molecular complexity index is 858. The molecular formula is C20H20N2O3S. The van der Waals surface area contributed by atoms with Crippen molar-refractivity contribution in [2.24, 2.45) is 0 Å². The zero-order valence-electron chi connectivity index (χ0n) is 14.7. The number of carbonyl (C=O) groups excluding carboxylic acids is 1. The second-order valence-corrected chi connectivity index (χ2v) is 6.61. The third-order valence-corrected chi connectivity index (χ3v) is 4.69. The first-order valence-electron chi connectivity index (χ1n) is 8.19. The molecule has 0 aliphatic carbocycles. The van der Waals surface area contributed by atoms with E-state index in [9.17, 15) is 4.79 Å². The summed E-state index contributed by atoms with van der Waals surface area (Å²) >= 11 is 1.57. The van der Waals surface area contributed by atoms with Gasteiger partial charge in [-0.15, -0.1) is 11.3 Å². The summed E-state index contributed by atoms with van der Waals surface area (Å²) in [5.41, 5.74) is 3.14. The first kappa shape index (κ1) is 17.9. The van der Waals surface area contributed by atoms with Gasteiger partial charge in [0.15, 0.2) is 6.61 Å². The smallest absolute Gasteiger partial charge is 0.258 e. The van der Waals surface area contributed by atoms with Gasteiger partial charge < -0.3 is 14.8 Å². The van der Waals surface area contributed by atoms with Crippen LogP contribution in [0.25, 0.3) is 10.6 Å². The summed E-state index contributed by atoms with van der Waals surface area (Å²) in [7, 11) is 1.60. The number of aryl methyl sites for hydroxylation is 1. The Balaban J connectivity index is 1.47. The fraction of sp³-hybridized carbons (Fsp3) is 0.200. The van der Waals surface area contributed by atoms with Crippen LogP contribution in [0.5, 0.6) is 11.5 Å². The van der Waals surface area contributed by atoms with Gasteiger partial charge in [0.2, 0.25) is 0 Å². The summed E-state index contributed by atoms with van der Waals surface area (Å²) in [6.07, 6.45) is 0. The van der Waals surface area contributed by atoms with Gasteiger partial charge in [0.1, 0.15) is 16.5 Å². The zero-order chi connectivity index (χ0) is 18.4. The van der Waals surface area contributed by atoms with Gasteiger partial charge in [-0.25, -0.2) is 4.98 Å². The fourth-order valence-corrected chi connectivity index (χ4v) is 3.10. The van der Waals surface area contributed by atoms with Crippen LogP contribution in [0.4, 0.5) is 0 Å². The molecule has 0 aliphatic rings. The maximum absolute atomic E-state index is 11.9. The molecule has 0 bridgehead atoms. The number of hydrogen-bond acceptors (Lipinski definition) is 5. The van der Waals surface area contributed by atoms with E-state index in [1.807, 2.05) is 5.38 Å². The fourth-order valence-electron chi connectivity index (χ4n) is 2.28. The molecule has 1 heterocycles. The van der Waals surface area contributed by atoms with Crippen molar-refractivity contribution in [3.05, 3.63) is 65.2 Å². The molecule has 0 aliphatic heterocycles. The number of rotatable bonds is 7. The van der Waals surface area contributed by atoms with Crippen LogP contribution in [0, 0.1) is 6.92 Å². The van der Waals surface area contributed by atoms with Crippen LogP contribution >= 0.6 is 11.3 Å². The average Bonchev–Trinajstić information content (AvgIpc) is 3.14. The number of aromatic nitrogens is 1. The predicted octanol–water partition coefficient (Wildman–Crippen LogP) is 3.82. The van der Waals surface area contributed by atoms with E-state index in [0.717, 1.165) is 22.0 Å². The van der Waals surface area contributed by atoms with Gasteiger partial charge in [0.05, 0.1) is 19.3 Å². The zero-order valence-corrected chi connectivity index (χ0v) is 15.5. The average molecular weight is 368 g/mol. The highest BCUT2D eigenvalue weighted by Gasteiger charge is 2.07. The lowest BCUT2D eigenvalue weighted by atomic mass is 10.2. The Hall–Kier alpha value is -2.86. The number of hydrogen-bond donors (Lipinski definition) is 1. The standard InChI is InChI=1S/C20H20N2O3S/c1-14-3-5-15(6-4-14)20-22-16(13-26-20)11-21-19(23)12-25-18-9-7-17(24-2)8-10-18/h3-10,13H,11-12H2,1-2H3,(H,21,23). The molecule has 1 N–H and O–H groups in total. The molecule has 0 spiro atoms. The molecular weight excluding hydrogens is 348 g/mol. The van der Waals surface area contributed by atoms with Gasteiger partial charge in [0, 0.05) is 10.9 Å². The van der Waals surface area contributed by atoms with Crippen LogP contribution < -0.4 is 14.8 Å². The van der Waals surface area contributed by atoms with Crippen molar-refractivity contribution in [1.29, 1.82) is 0 Å². The molecule has 6 heteroatoms. The van der Waals surface area contributed by atoms with Crippen LogP contribution in [0.2, 0.25) is 0 Å². The van der Waals surface area contributed by atoms with E-state index in [1.165, 1.54) is 5.56 Å². The molecule has 1 aromatic heterocycles. The predicted molar refractivity (Wildman–Crippen MR) is 103 cm³/mol. The number of benzene rings is 2. The van der Waals surface area contributed by atoms with E-state index >= 15 is 0 Å². The number of ether oxygens (including phenoxy) is 2. The lowest BCUT2D eigenvalue weighted by molar-refractivity contribution is -0.123. The lowest BCUT2D eigenvalue weighted by Crippen LogP contribution is -2.28. The summed E-state index contributed by atoms with van der Waals surface area (Å²) in [6, 6.07) is 15.3. The SMILES string of the molecule is COc1ccc(OCC(=O)NCc2csc(-c3ccc(C)cc3)n2)cc1. The second-order valence-electron chi connectivity index (χ2n) is 5.75. The maximum Gasteiger partial charge on any atom is 0.258 e. The number of methoxy groups -OCH3 is 1. The van der Waals surface area contributed by atoms with Crippen molar-refractivity contribution in [1.82, 2.24) is 10.3 Å². The quantitative estimate of drug-likeness (QED) is 0.689. The van der Waals surface area contributed by atoms with Crippen molar-refractivity contribution in [3.63, 3.8) is 0 Å². The normalized spacial score (nSPS) is 10.4. The number of amides is 1. The minimum Gasteiger partial charge on any atom is -0.497 e. The topological polar surface area (TPSA) is 60.5 Å². The molecule has 3 aromatic rings. The molecule has 134 valence electrons. The first-order chi connectivity index (χ1) is 12.6. The third-order valence-electron chi connectivity index (χ3n) is 3.75. The van der Waals surface area contributed by atoms with Crippen molar-refractivity contribution in [2.45, 2.75) is 13.5 Å². The minimum absolute atomic E-state index is 0.0404. The number of carbonyl (C=O) groups is 1. The molecule has 5 nitrogen and oxygen atoms in total. The van der Waals surface area contributed by atoms with Gasteiger partial charge in [-0.1, -0.05) is 29.8 Å². The highest BCUT2D eigenvalue weighted by atomic mass is 32.1. The first-order valence-corrected chi connectivity index (χ1v) is 9.07. The van der Waals surface area contributed by atoms with Crippen molar-refractivity contribution >= 4 is 17.2 Å². The number of thiazole rings is 1. The lowest BCUT2D eigenvalue weighted by Gasteiger charge is -2.07. The van der Waals surface area contributed by atoms with Crippen LogP contribution in [0.15, 0.2) is 53.9 Å². The van der Waals surface area contributed by atoms with E-state index in [0.29, 0.717) is 12.3 Å². The summed E-state index contributed by atoms with van der Waals surface area (Å²) < 4.78 is 10.5. The maximum atomic E-state index is 11.9. The Labute approximate surface area is 156 Å². The van der Waals surface area contributed by atoms with E-state index in [1.54, 1.807) is 42.7 Å². The highest BCUT2D eigenvalue weighted by Crippen LogP contribution is 2.24. The van der Waals surface area contributed by atoms with Crippen LogP contribution in [0.1, 0.15) is 11.3 Å². The molecule has 0 saturated carbocycles. The molecule has 2 aromatic carbocycles. The molecule has 0 radical (unpaired) electrons. The van der Waals surface area contributed by atoms with Gasteiger partial charge in [-0.2, -0.15) is 0 Å². The van der Waals surface area contributed by atoms with Gasteiger partial charge >= 0.3 is 0 Å². The molecule has 0 fully saturated rings. The Kier molecular flexibility index (Phi) is 5.86. The summed E-state index contributed by atoms with van der Waals surface area (Å²) in [5, 5.41) is 5.73. The van der Waals surface area contributed by atoms with Gasteiger partial charge in [-0.05, 0) is 31.2 Å². The highest BCUT2D eigenvalue weighted by molar-refractivity contribution is 7.13. The Morgan fingerprint density at radius 2 is 1.77 bits per heavy atom. The second kappa shape index (κ2) is 8.49. The van der Waals surface area contributed by atoms with Crippen LogP contribution in [-0.4, -0.2) is 24.6 Å². The summed E-state index contributed by atoms with van der Waals surface area (Å²) in [4.78, 5) is 16.5. The van der Waals surface area contributed by atoms with E-state index in [-0.39, 0.29) is 12.5 Å². The molecule has 3 rings (SSSR count). The summed E-state index contributed by atoms with van der Waals surface area (Å²) in [5.74, 6) is 1.18. The molecule has 0 unspecified atom stereocenters. The monoisotopic (exact) mass is 368 g/mol. The molecule has 26 heavy (non-hydrogen) atoms.